The van der Waals surface area contributed by atoms with Gasteiger partial charge in [-0.15, -0.1) is 0 Å². The Morgan fingerprint density at radius 1 is 1.05 bits per heavy atom. The van der Waals surface area contributed by atoms with Crippen molar-refractivity contribution in [2.75, 3.05) is 31.2 Å². The molecule has 2 aromatic rings. The van der Waals surface area contributed by atoms with Gasteiger partial charge >= 0.3 is 0 Å². The molecule has 3 rings (SSSR count). The van der Waals surface area contributed by atoms with Crippen molar-refractivity contribution in [3.63, 3.8) is 0 Å². The Bertz CT molecular complexity index is 504. The molecule has 2 heterocycles. The molecule has 1 aromatic carbocycles. The molecule has 5 heteroatoms. The maximum Gasteiger partial charge on any atom is 0.124 e. The molecule has 0 unspecified atom stereocenters. The van der Waals surface area contributed by atoms with Crippen LogP contribution in [0.25, 0.3) is 0 Å². The lowest BCUT2D eigenvalue weighted by atomic mass is 10.2. The molecule has 1 aromatic heterocycles. The van der Waals surface area contributed by atoms with E-state index in [-0.39, 0.29) is 0 Å². The van der Waals surface area contributed by atoms with E-state index in [0.29, 0.717) is 0 Å². The van der Waals surface area contributed by atoms with E-state index in [2.05, 4.69) is 39.6 Å². The summed E-state index contributed by atoms with van der Waals surface area (Å²) in [4.78, 5) is 2.36. The van der Waals surface area contributed by atoms with E-state index in [1.807, 2.05) is 6.07 Å². The molecule has 0 aliphatic carbocycles. The van der Waals surface area contributed by atoms with Gasteiger partial charge in [0.1, 0.15) is 6.26 Å². The molecular weight excluding hydrogens is 254 g/mol. The van der Waals surface area contributed by atoms with Crippen LogP contribution in [0.5, 0.6) is 0 Å². The molecule has 1 fully saturated rings. The molecule has 0 atom stereocenters. The molecule has 0 saturated carbocycles. The van der Waals surface area contributed by atoms with Gasteiger partial charge < -0.3 is 19.5 Å². The van der Waals surface area contributed by atoms with Crippen LogP contribution in [0.3, 0.4) is 0 Å². The Morgan fingerprint density at radius 2 is 1.85 bits per heavy atom. The van der Waals surface area contributed by atoms with E-state index >= 15 is 0 Å². The van der Waals surface area contributed by atoms with Crippen molar-refractivity contribution in [1.29, 1.82) is 0 Å². The van der Waals surface area contributed by atoms with Gasteiger partial charge in [0.15, 0.2) is 0 Å². The van der Waals surface area contributed by atoms with Crippen molar-refractivity contribution in [3.8, 4) is 0 Å². The van der Waals surface area contributed by atoms with Crippen LogP contribution in [0.15, 0.2) is 41.1 Å². The standard InChI is InChI=1S/C15H19N3O2/c1-3-15(18-6-9-19-10-7-18)4-2-13(1)11-16-12-14-5-8-20-17-14/h1-5,8,16H,6-7,9-12H2. The number of nitrogens with zero attached hydrogens (tertiary/aromatic N) is 2. The third-order valence-corrected chi connectivity index (χ3v) is 3.44. The van der Waals surface area contributed by atoms with Crippen molar-refractivity contribution in [1.82, 2.24) is 10.5 Å². The highest BCUT2D eigenvalue weighted by Gasteiger charge is 2.10. The second-order valence-corrected chi connectivity index (χ2v) is 4.86. The van der Waals surface area contributed by atoms with E-state index in [0.717, 1.165) is 45.1 Å². The summed E-state index contributed by atoms with van der Waals surface area (Å²) in [5.74, 6) is 0. The third-order valence-electron chi connectivity index (χ3n) is 3.44. The summed E-state index contributed by atoms with van der Waals surface area (Å²) in [6, 6.07) is 10.6. The van der Waals surface area contributed by atoms with Crippen LogP contribution in [-0.2, 0) is 17.8 Å². The van der Waals surface area contributed by atoms with Crippen LogP contribution >= 0.6 is 0 Å². The number of rotatable bonds is 5. The molecule has 1 saturated heterocycles. The van der Waals surface area contributed by atoms with Crippen molar-refractivity contribution >= 4 is 5.69 Å². The highest BCUT2D eigenvalue weighted by atomic mass is 16.5. The van der Waals surface area contributed by atoms with Gasteiger partial charge in [-0.3, -0.25) is 0 Å². The normalized spacial score (nSPS) is 15.5. The van der Waals surface area contributed by atoms with Gasteiger partial charge in [0.05, 0.1) is 18.9 Å². The first-order chi connectivity index (χ1) is 9.92. The summed E-state index contributed by atoms with van der Waals surface area (Å²) in [7, 11) is 0. The molecule has 0 spiro atoms. The first-order valence-corrected chi connectivity index (χ1v) is 6.93. The molecule has 5 nitrogen and oxygen atoms in total. The van der Waals surface area contributed by atoms with Crippen molar-refractivity contribution < 1.29 is 9.26 Å². The maximum absolute atomic E-state index is 5.37. The monoisotopic (exact) mass is 273 g/mol. The highest BCUT2D eigenvalue weighted by molar-refractivity contribution is 5.47. The number of nitrogens with one attached hydrogen (secondary N) is 1. The Morgan fingerprint density at radius 3 is 2.55 bits per heavy atom. The van der Waals surface area contributed by atoms with Crippen molar-refractivity contribution in [2.24, 2.45) is 0 Å². The summed E-state index contributed by atoms with van der Waals surface area (Å²) < 4.78 is 10.2. The average Bonchev–Trinajstić information content (AvgIpc) is 3.02. The summed E-state index contributed by atoms with van der Waals surface area (Å²) in [5, 5.41) is 7.21. The zero-order chi connectivity index (χ0) is 13.6. The number of ether oxygens (including phenoxy) is 1. The van der Waals surface area contributed by atoms with Crippen LogP contribution in [-0.4, -0.2) is 31.5 Å². The number of hydrogen-bond acceptors (Lipinski definition) is 5. The van der Waals surface area contributed by atoms with E-state index in [1.165, 1.54) is 11.3 Å². The summed E-state index contributed by atoms with van der Waals surface area (Å²) >= 11 is 0. The molecule has 1 aliphatic heterocycles. The highest BCUT2D eigenvalue weighted by Crippen LogP contribution is 2.16. The first-order valence-electron chi connectivity index (χ1n) is 6.93. The zero-order valence-electron chi connectivity index (χ0n) is 11.4. The minimum Gasteiger partial charge on any atom is -0.378 e. The number of morpholine rings is 1. The molecule has 106 valence electrons. The number of hydrogen-bond donors (Lipinski definition) is 1. The van der Waals surface area contributed by atoms with Crippen molar-refractivity contribution in [2.45, 2.75) is 13.1 Å². The largest absolute Gasteiger partial charge is 0.378 e. The third kappa shape index (κ3) is 3.37. The van der Waals surface area contributed by atoms with Crippen LogP contribution in [0.4, 0.5) is 5.69 Å². The quantitative estimate of drug-likeness (QED) is 0.900. The molecule has 1 aliphatic rings. The fraction of sp³-hybridized carbons (Fsp3) is 0.400. The Labute approximate surface area is 118 Å². The lowest BCUT2D eigenvalue weighted by Crippen LogP contribution is -2.36. The minimum atomic E-state index is 0.724. The Kier molecular flexibility index (Phi) is 4.30. The fourth-order valence-corrected chi connectivity index (χ4v) is 2.31. The molecule has 20 heavy (non-hydrogen) atoms. The van der Waals surface area contributed by atoms with Gasteiger partial charge in [-0.2, -0.15) is 0 Å². The van der Waals surface area contributed by atoms with Gasteiger partial charge in [-0.05, 0) is 17.7 Å². The molecule has 0 amide bonds. The summed E-state index contributed by atoms with van der Waals surface area (Å²) in [6.45, 7) is 5.15. The molecular formula is C15H19N3O2. The second-order valence-electron chi connectivity index (χ2n) is 4.86. The Balaban J connectivity index is 1.50. The molecule has 1 N–H and O–H groups in total. The first kappa shape index (κ1) is 13.1. The maximum atomic E-state index is 5.37. The van der Waals surface area contributed by atoms with Gasteiger partial charge in [-0.1, -0.05) is 17.3 Å². The summed E-state index contributed by atoms with van der Waals surface area (Å²) in [5.41, 5.74) is 3.47. The van der Waals surface area contributed by atoms with Gasteiger partial charge in [0, 0.05) is 37.9 Å². The van der Waals surface area contributed by atoms with E-state index in [1.54, 1.807) is 6.26 Å². The van der Waals surface area contributed by atoms with Gasteiger partial charge in [-0.25, -0.2) is 0 Å². The van der Waals surface area contributed by atoms with Crippen LogP contribution < -0.4 is 10.2 Å². The molecule has 0 radical (unpaired) electrons. The van der Waals surface area contributed by atoms with Gasteiger partial charge in [0.25, 0.3) is 0 Å². The van der Waals surface area contributed by atoms with Gasteiger partial charge in [0.2, 0.25) is 0 Å². The number of aromatic nitrogens is 1. The lowest BCUT2D eigenvalue weighted by Gasteiger charge is -2.28. The SMILES string of the molecule is c1cc(CNCc2ccc(N3CCOCC3)cc2)no1. The fourth-order valence-electron chi connectivity index (χ4n) is 2.31. The van der Waals surface area contributed by atoms with Crippen LogP contribution in [0.2, 0.25) is 0 Å². The van der Waals surface area contributed by atoms with E-state index < -0.39 is 0 Å². The predicted octanol–water partition coefficient (Wildman–Crippen LogP) is 1.80. The minimum absolute atomic E-state index is 0.724. The lowest BCUT2D eigenvalue weighted by molar-refractivity contribution is 0.122. The topological polar surface area (TPSA) is 50.5 Å². The van der Waals surface area contributed by atoms with E-state index in [9.17, 15) is 0 Å². The number of anilines is 1. The van der Waals surface area contributed by atoms with E-state index in [4.69, 9.17) is 9.26 Å². The second kappa shape index (κ2) is 6.54. The van der Waals surface area contributed by atoms with Crippen molar-refractivity contribution in [3.05, 3.63) is 47.9 Å². The number of benzene rings is 1. The Hall–Kier alpha value is -1.85. The average molecular weight is 273 g/mol. The smallest absolute Gasteiger partial charge is 0.124 e. The van der Waals surface area contributed by atoms with Crippen LogP contribution in [0.1, 0.15) is 11.3 Å². The van der Waals surface area contributed by atoms with Crippen LogP contribution in [0, 0.1) is 0 Å². The predicted molar refractivity (Wildman–Crippen MR) is 76.5 cm³/mol. The molecule has 0 bridgehead atoms. The summed E-state index contributed by atoms with van der Waals surface area (Å²) in [6.07, 6.45) is 1.59. The zero-order valence-corrected chi connectivity index (χ0v) is 11.4.